The number of carbonyl (C=O) groups is 2. The predicted molar refractivity (Wildman–Crippen MR) is 31.8 cm³/mol. The first kappa shape index (κ1) is 19.5. The van der Waals surface area contributed by atoms with E-state index in [0.717, 1.165) is 0 Å². The summed E-state index contributed by atoms with van der Waals surface area (Å²) >= 11 is 0. The Kier molecular flexibility index (Phi) is 16.4. The molecule has 0 aromatic heterocycles. The van der Waals surface area contributed by atoms with Crippen LogP contribution in [0, 0.1) is 0 Å². The van der Waals surface area contributed by atoms with Crippen molar-refractivity contribution < 1.29 is 78.9 Å². The first-order valence-electron chi connectivity index (χ1n) is 3.20. The summed E-state index contributed by atoms with van der Waals surface area (Å²) in [6.07, 6.45) is 0.148. The standard InChI is InChI=1S/C6H11NO4.2Na/c7-4(6(10)11)2-1-3-5(8)9;;/h4H,1-3,7H2,(H,8,9)(H,10,11);;/q;2*+1/p-2/t4-;;/m0../s1. The Hall–Kier alpha value is 0.900. The molecular weight excluding hydrogens is 196 g/mol. The van der Waals surface area contributed by atoms with Crippen LogP contribution in [0.15, 0.2) is 0 Å². The number of hydrogen-bond donors (Lipinski definition) is 1. The SMILES string of the molecule is N[C@@H](CCCC(=O)[O-])C(=O)[O-].[Na+].[Na+]. The van der Waals surface area contributed by atoms with Crippen LogP contribution < -0.4 is 75.1 Å². The molecule has 5 nitrogen and oxygen atoms in total. The van der Waals surface area contributed by atoms with Crippen LogP contribution in [0.2, 0.25) is 0 Å². The van der Waals surface area contributed by atoms with Crippen molar-refractivity contribution in [3.8, 4) is 0 Å². The minimum absolute atomic E-state index is 0. The average Bonchev–Trinajstić information content (AvgIpc) is 1.86. The molecule has 0 saturated heterocycles. The van der Waals surface area contributed by atoms with Gasteiger partial charge in [0.05, 0.1) is 5.97 Å². The fourth-order valence-corrected chi connectivity index (χ4v) is 0.584. The minimum Gasteiger partial charge on any atom is -0.550 e. The normalized spacial score (nSPS) is 10.5. The van der Waals surface area contributed by atoms with Crippen molar-refractivity contribution in [1.29, 1.82) is 0 Å². The number of aliphatic carboxylic acids is 2. The molecule has 0 radical (unpaired) electrons. The molecule has 0 aromatic rings. The molecule has 0 saturated carbocycles. The molecule has 1 atom stereocenters. The molecule has 0 rings (SSSR count). The monoisotopic (exact) mass is 205 g/mol. The molecule has 0 fully saturated rings. The van der Waals surface area contributed by atoms with Gasteiger partial charge in [0.25, 0.3) is 0 Å². The van der Waals surface area contributed by atoms with Crippen LogP contribution in [0.3, 0.4) is 0 Å². The van der Waals surface area contributed by atoms with E-state index in [4.69, 9.17) is 5.73 Å². The van der Waals surface area contributed by atoms with Crippen LogP contribution in [0.1, 0.15) is 19.3 Å². The number of carboxylic acid groups (broad SMARTS) is 2. The summed E-state index contributed by atoms with van der Waals surface area (Å²) in [7, 11) is 0. The molecule has 2 N–H and O–H groups in total. The predicted octanol–water partition coefficient (Wildman–Crippen LogP) is -9.01. The summed E-state index contributed by atoms with van der Waals surface area (Å²) in [4.78, 5) is 19.8. The Bertz CT molecular complexity index is 165. The van der Waals surface area contributed by atoms with Crippen molar-refractivity contribution in [2.24, 2.45) is 5.73 Å². The number of rotatable bonds is 5. The topological polar surface area (TPSA) is 106 Å². The van der Waals surface area contributed by atoms with Gasteiger partial charge in [-0.1, -0.05) is 0 Å². The quantitative estimate of drug-likeness (QED) is 0.448. The summed E-state index contributed by atoms with van der Waals surface area (Å²) < 4.78 is 0. The molecule has 0 aliphatic rings. The maximum Gasteiger partial charge on any atom is 1.00 e. The molecule has 0 unspecified atom stereocenters. The Balaban J connectivity index is -0.000000500. The van der Waals surface area contributed by atoms with Crippen molar-refractivity contribution in [1.82, 2.24) is 0 Å². The number of nitrogens with two attached hydrogens (primary N) is 1. The molecule has 0 aliphatic heterocycles. The third kappa shape index (κ3) is 12.9. The zero-order chi connectivity index (χ0) is 8.85. The van der Waals surface area contributed by atoms with Crippen molar-refractivity contribution >= 4 is 11.9 Å². The van der Waals surface area contributed by atoms with Crippen LogP contribution in [0.5, 0.6) is 0 Å². The van der Waals surface area contributed by atoms with Crippen molar-refractivity contribution in [2.75, 3.05) is 0 Å². The molecule has 0 aromatic carbocycles. The van der Waals surface area contributed by atoms with Crippen LogP contribution in [-0.4, -0.2) is 18.0 Å². The average molecular weight is 205 g/mol. The summed E-state index contributed by atoms with van der Waals surface area (Å²) in [5.74, 6) is -2.56. The summed E-state index contributed by atoms with van der Waals surface area (Å²) in [5.41, 5.74) is 5.03. The fraction of sp³-hybridized carbons (Fsp3) is 0.667. The van der Waals surface area contributed by atoms with E-state index in [0.29, 0.717) is 0 Å². The van der Waals surface area contributed by atoms with Crippen molar-refractivity contribution in [3.63, 3.8) is 0 Å². The summed E-state index contributed by atoms with van der Waals surface area (Å²) in [6, 6.07) is -1.07. The van der Waals surface area contributed by atoms with E-state index in [1.165, 1.54) is 0 Å². The molecular formula is C6H9NNa2O4. The molecule has 64 valence electrons. The van der Waals surface area contributed by atoms with Gasteiger partial charge in [-0.3, -0.25) is 0 Å². The molecule has 0 heterocycles. The van der Waals surface area contributed by atoms with E-state index in [-0.39, 0.29) is 78.4 Å². The third-order valence-corrected chi connectivity index (χ3v) is 1.20. The molecule has 0 bridgehead atoms. The number of hydrogen-bond acceptors (Lipinski definition) is 5. The van der Waals surface area contributed by atoms with Gasteiger partial charge in [-0.05, 0) is 19.3 Å². The van der Waals surface area contributed by atoms with Gasteiger partial charge >= 0.3 is 59.1 Å². The smallest absolute Gasteiger partial charge is 0.550 e. The van der Waals surface area contributed by atoms with Crippen LogP contribution in [-0.2, 0) is 9.59 Å². The largest absolute Gasteiger partial charge is 1.00 e. The number of carboxylic acids is 2. The molecule has 0 spiro atoms. The van der Waals surface area contributed by atoms with Gasteiger partial charge < -0.3 is 25.5 Å². The van der Waals surface area contributed by atoms with E-state index in [9.17, 15) is 19.8 Å². The first-order chi connectivity index (χ1) is 5.04. The van der Waals surface area contributed by atoms with Gasteiger partial charge in [-0.25, -0.2) is 0 Å². The van der Waals surface area contributed by atoms with Gasteiger partial charge in [0.1, 0.15) is 0 Å². The minimum atomic E-state index is -1.36. The van der Waals surface area contributed by atoms with E-state index in [1.54, 1.807) is 0 Å². The van der Waals surface area contributed by atoms with E-state index < -0.39 is 18.0 Å². The van der Waals surface area contributed by atoms with Gasteiger partial charge in [0.2, 0.25) is 0 Å². The molecule has 0 aliphatic carbocycles. The zero-order valence-corrected chi connectivity index (χ0v) is 11.9. The molecule has 13 heavy (non-hydrogen) atoms. The van der Waals surface area contributed by atoms with Crippen LogP contribution >= 0.6 is 0 Å². The Morgan fingerprint density at radius 2 is 1.69 bits per heavy atom. The summed E-state index contributed by atoms with van der Waals surface area (Å²) in [5, 5.41) is 19.8. The van der Waals surface area contributed by atoms with E-state index in [1.807, 2.05) is 0 Å². The van der Waals surface area contributed by atoms with Crippen LogP contribution in [0.4, 0.5) is 0 Å². The van der Waals surface area contributed by atoms with Gasteiger partial charge in [0.15, 0.2) is 0 Å². The van der Waals surface area contributed by atoms with Gasteiger partial charge in [-0.15, -0.1) is 0 Å². The first-order valence-corrected chi connectivity index (χ1v) is 3.20. The Morgan fingerprint density at radius 1 is 1.23 bits per heavy atom. The van der Waals surface area contributed by atoms with Gasteiger partial charge in [0, 0.05) is 12.0 Å². The Morgan fingerprint density at radius 3 is 2.00 bits per heavy atom. The van der Waals surface area contributed by atoms with Gasteiger partial charge in [-0.2, -0.15) is 0 Å². The molecule has 7 heteroatoms. The van der Waals surface area contributed by atoms with Crippen molar-refractivity contribution in [3.05, 3.63) is 0 Å². The van der Waals surface area contributed by atoms with Crippen LogP contribution in [0.25, 0.3) is 0 Å². The zero-order valence-electron chi connectivity index (χ0n) is 7.91. The maximum absolute atomic E-state index is 9.98. The third-order valence-electron chi connectivity index (χ3n) is 1.20. The van der Waals surface area contributed by atoms with E-state index >= 15 is 0 Å². The fourth-order valence-electron chi connectivity index (χ4n) is 0.584. The Labute approximate surface area is 121 Å². The summed E-state index contributed by atoms with van der Waals surface area (Å²) in [6.45, 7) is 0. The molecule has 0 amide bonds. The number of carbonyl (C=O) groups excluding carboxylic acids is 2. The second kappa shape index (κ2) is 11.0. The second-order valence-electron chi connectivity index (χ2n) is 2.19. The second-order valence-corrected chi connectivity index (χ2v) is 2.19. The van der Waals surface area contributed by atoms with Crippen molar-refractivity contribution in [2.45, 2.75) is 25.3 Å². The maximum atomic E-state index is 9.98. The van der Waals surface area contributed by atoms with E-state index in [2.05, 4.69) is 0 Å².